The van der Waals surface area contributed by atoms with Gasteiger partial charge in [-0.2, -0.15) is 0 Å². The summed E-state index contributed by atoms with van der Waals surface area (Å²) in [6.07, 6.45) is -3.76. The first kappa shape index (κ1) is 24.2. The van der Waals surface area contributed by atoms with Crippen molar-refractivity contribution >= 4 is 11.9 Å². The Morgan fingerprint density at radius 2 is 1.79 bits per heavy atom. The summed E-state index contributed by atoms with van der Waals surface area (Å²) in [5.41, 5.74) is 0.142. The minimum Gasteiger partial charge on any atom is -0.481 e. The van der Waals surface area contributed by atoms with E-state index in [9.17, 15) is 30.0 Å². The molecule has 10 nitrogen and oxygen atoms in total. The summed E-state index contributed by atoms with van der Waals surface area (Å²) in [5.74, 6) is -2.56. The molecule has 1 saturated heterocycles. The molecule has 0 aliphatic carbocycles. The van der Waals surface area contributed by atoms with Gasteiger partial charge in [0.05, 0.1) is 19.1 Å². The monoisotopic (exact) mass is 404 g/mol. The second kappa shape index (κ2) is 11.2. The maximum atomic E-state index is 11.2. The number of allylic oxidation sites excluding steroid dienone is 3. The topological polar surface area (TPSA) is 174 Å². The van der Waals surface area contributed by atoms with Crippen molar-refractivity contribution < 1.29 is 49.7 Å². The van der Waals surface area contributed by atoms with Gasteiger partial charge in [0.1, 0.15) is 24.4 Å². The third-order valence-corrected chi connectivity index (χ3v) is 4.50. The quantitative estimate of drug-likeness (QED) is 0.201. The van der Waals surface area contributed by atoms with Crippen LogP contribution in [0.5, 0.6) is 0 Å². The number of carboxylic acid groups (broad SMARTS) is 2. The average Bonchev–Trinajstić information content (AvgIpc) is 2.63. The van der Waals surface area contributed by atoms with Crippen LogP contribution in [0.25, 0.3) is 0 Å². The van der Waals surface area contributed by atoms with Crippen LogP contribution in [0.15, 0.2) is 23.8 Å². The van der Waals surface area contributed by atoms with E-state index in [1.807, 2.05) is 0 Å². The zero-order valence-electron chi connectivity index (χ0n) is 15.7. The Morgan fingerprint density at radius 3 is 2.32 bits per heavy atom. The second-order valence-electron chi connectivity index (χ2n) is 6.77. The van der Waals surface area contributed by atoms with E-state index in [0.717, 1.165) is 0 Å². The van der Waals surface area contributed by atoms with Crippen LogP contribution in [0.3, 0.4) is 0 Å². The molecule has 0 aromatic heterocycles. The lowest BCUT2D eigenvalue weighted by Crippen LogP contribution is -2.60. The van der Waals surface area contributed by atoms with Crippen molar-refractivity contribution in [2.24, 2.45) is 5.92 Å². The van der Waals surface area contributed by atoms with Crippen LogP contribution in [0, 0.1) is 5.92 Å². The lowest BCUT2D eigenvalue weighted by atomic mass is 9.96. The molecule has 0 aromatic carbocycles. The van der Waals surface area contributed by atoms with Gasteiger partial charge in [0.15, 0.2) is 6.29 Å². The van der Waals surface area contributed by atoms with Crippen LogP contribution in [0.2, 0.25) is 0 Å². The van der Waals surface area contributed by atoms with Gasteiger partial charge in [-0.1, -0.05) is 25.2 Å². The van der Waals surface area contributed by atoms with Crippen LogP contribution in [-0.2, 0) is 19.1 Å². The number of carboxylic acids is 2. The van der Waals surface area contributed by atoms with Crippen molar-refractivity contribution in [1.82, 2.24) is 0 Å². The summed E-state index contributed by atoms with van der Waals surface area (Å²) in [6, 6.07) is 0. The molecule has 28 heavy (non-hydrogen) atoms. The van der Waals surface area contributed by atoms with Crippen LogP contribution in [0.1, 0.15) is 26.7 Å². The summed E-state index contributed by atoms with van der Waals surface area (Å²) >= 11 is 0. The van der Waals surface area contributed by atoms with E-state index in [-0.39, 0.29) is 11.5 Å². The van der Waals surface area contributed by atoms with E-state index in [2.05, 4.69) is 0 Å². The first-order chi connectivity index (χ1) is 13.1. The number of hydrogen-bond acceptors (Lipinski definition) is 8. The van der Waals surface area contributed by atoms with Gasteiger partial charge >= 0.3 is 11.9 Å². The predicted octanol–water partition coefficient (Wildman–Crippen LogP) is -0.740. The molecule has 7 unspecified atom stereocenters. The highest BCUT2D eigenvalue weighted by Gasteiger charge is 2.45. The number of hydrogen-bond donors (Lipinski definition) is 6. The van der Waals surface area contributed by atoms with Crippen molar-refractivity contribution in [1.29, 1.82) is 0 Å². The van der Waals surface area contributed by atoms with Crippen molar-refractivity contribution in [3.8, 4) is 0 Å². The Kier molecular flexibility index (Phi) is 9.73. The van der Waals surface area contributed by atoms with E-state index >= 15 is 0 Å². The Balaban J connectivity index is 2.81. The molecule has 160 valence electrons. The van der Waals surface area contributed by atoms with Crippen LogP contribution >= 0.6 is 0 Å². The van der Waals surface area contributed by atoms with E-state index in [4.69, 9.17) is 19.7 Å². The minimum atomic E-state index is -1.63. The smallest absolute Gasteiger partial charge is 0.331 e. The molecule has 0 aromatic rings. The fourth-order valence-corrected chi connectivity index (χ4v) is 2.64. The van der Waals surface area contributed by atoms with Gasteiger partial charge in [-0.25, -0.2) is 4.79 Å². The highest BCUT2D eigenvalue weighted by Crippen LogP contribution is 2.26. The molecular weight excluding hydrogens is 376 g/mol. The Morgan fingerprint density at radius 1 is 1.14 bits per heavy atom. The highest BCUT2D eigenvalue weighted by molar-refractivity contribution is 5.86. The first-order valence-electron chi connectivity index (χ1n) is 8.83. The molecule has 0 bridgehead atoms. The zero-order valence-corrected chi connectivity index (χ0v) is 15.7. The van der Waals surface area contributed by atoms with Crippen LogP contribution < -0.4 is 0 Å². The van der Waals surface area contributed by atoms with Crippen molar-refractivity contribution in [3.05, 3.63) is 23.8 Å². The zero-order chi connectivity index (χ0) is 21.4. The molecule has 10 heteroatoms. The number of carbonyl (C=O) groups is 2. The first-order valence-corrected chi connectivity index (χ1v) is 8.83. The Bertz CT molecular complexity index is 585. The molecule has 0 amide bonds. The van der Waals surface area contributed by atoms with Crippen molar-refractivity contribution in [2.45, 2.75) is 63.5 Å². The SMILES string of the molecule is C/C(=C\C=C\CC(C)C(CC(=O)O)OC1OC(CO)C(O)C(O)C1O)C(=O)O. The summed E-state index contributed by atoms with van der Waals surface area (Å²) in [7, 11) is 0. The number of aliphatic carboxylic acids is 2. The van der Waals surface area contributed by atoms with Crippen LogP contribution in [0.4, 0.5) is 0 Å². The summed E-state index contributed by atoms with van der Waals surface area (Å²) in [5, 5.41) is 56.8. The Hall–Kier alpha value is -1.82. The van der Waals surface area contributed by atoms with Gasteiger partial charge in [-0.3, -0.25) is 4.79 Å². The number of aliphatic hydroxyl groups excluding tert-OH is 4. The fourth-order valence-electron chi connectivity index (χ4n) is 2.64. The molecule has 1 aliphatic heterocycles. The standard InChI is InChI=1S/C18H28O10/c1-9(5-3-4-6-10(2)17(25)26)11(7-13(20)21)27-18-16(24)15(23)14(22)12(8-19)28-18/h3-4,6,9,11-12,14-16,18-19,22-24H,5,7-8H2,1-2H3,(H,20,21)(H,25,26)/b4-3+,10-6+. The third kappa shape index (κ3) is 6.97. The predicted molar refractivity (Wildman–Crippen MR) is 95.2 cm³/mol. The van der Waals surface area contributed by atoms with Crippen molar-refractivity contribution in [3.63, 3.8) is 0 Å². The normalized spacial score (nSPS) is 30.9. The molecule has 1 aliphatic rings. The molecule has 1 fully saturated rings. The molecule has 1 heterocycles. The third-order valence-electron chi connectivity index (χ3n) is 4.50. The molecular formula is C18H28O10. The van der Waals surface area contributed by atoms with Gasteiger partial charge in [-0.15, -0.1) is 0 Å². The van der Waals surface area contributed by atoms with Gasteiger partial charge in [-0.05, 0) is 19.3 Å². The van der Waals surface area contributed by atoms with E-state index < -0.39 is 61.8 Å². The maximum absolute atomic E-state index is 11.2. The minimum absolute atomic E-state index is 0.142. The molecule has 6 N–H and O–H groups in total. The van der Waals surface area contributed by atoms with Gasteiger partial charge in [0.25, 0.3) is 0 Å². The van der Waals surface area contributed by atoms with Gasteiger partial charge in [0.2, 0.25) is 0 Å². The average molecular weight is 404 g/mol. The van der Waals surface area contributed by atoms with E-state index in [0.29, 0.717) is 6.42 Å². The Labute approximate surface area is 162 Å². The molecule has 7 atom stereocenters. The lowest BCUT2D eigenvalue weighted by molar-refractivity contribution is -0.314. The number of ether oxygens (including phenoxy) is 2. The number of rotatable bonds is 10. The van der Waals surface area contributed by atoms with Gasteiger partial charge in [0, 0.05) is 5.57 Å². The lowest BCUT2D eigenvalue weighted by Gasteiger charge is -2.41. The van der Waals surface area contributed by atoms with E-state index in [1.165, 1.54) is 19.1 Å². The molecule has 0 saturated carbocycles. The van der Waals surface area contributed by atoms with Gasteiger partial charge < -0.3 is 40.1 Å². The molecule has 0 radical (unpaired) electrons. The maximum Gasteiger partial charge on any atom is 0.331 e. The summed E-state index contributed by atoms with van der Waals surface area (Å²) < 4.78 is 10.8. The van der Waals surface area contributed by atoms with Crippen molar-refractivity contribution in [2.75, 3.05) is 6.61 Å². The van der Waals surface area contributed by atoms with Crippen LogP contribution in [-0.4, -0.2) is 86.0 Å². The number of aliphatic hydroxyl groups is 4. The fraction of sp³-hybridized carbons (Fsp3) is 0.667. The summed E-state index contributed by atoms with van der Waals surface area (Å²) in [6.45, 7) is 2.52. The highest BCUT2D eigenvalue weighted by atomic mass is 16.7. The summed E-state index contributed by atoms with van der Waals surface area (Å²) in [4.78, 5) is 21.9. The largest absolute Gasteiger partial charge is 0.481 e. The molecule has 1 rings (SSSR count). The molecule has 0 spiro atoms. The second-order valence-corrected chi connectivity index (χ2v) is 6.77. The van der Waals surface area contributed by atoms with E-state index in [1.54, 1.807) is 13.0 Å².